The zero-order valence-corrected chi connectivity index (χ0v) is 10.7. The Hall–Kier alpha value is -0.870. The Balaban J connectivity index is 1.76. The molecule has 1 aromatic rings. The van der Waals surface area contributed by atoms with Crippen molar-refractivity contribution in [3.8, 4) is 0 Å². The minimum absolute atomic E-state index is 0.369. The van der Waals surface area contributed by atoms with Gasteiger partial charge in [-0.3, -0.25) is 4.68 Å². The molecular formula is C13H23N3O. The van der Waals surface area contributed by atoms with E-state index in [9.17, 15) is 0 Å². The monoisotopic (exact) mass is 237 g/mol. The van der Waals surface area contributed by atoms with Gasteiger partial charge in [-0.05, 0) is 51.3 Å². The maximum atomic E-state index is 5.72. The van der Waals surface area contributed by atoms with E-state index in [0.717, 1.165) is 26.1 Å². The number of nitrogens with one attached hydrogen (secondary N) is 1. The van der Waals surface area contributed by atoms with E-state index in [2.05, 4.69) is 16.6 Å². The van der Waals surface area contributed by atoms with Crippen LogP contribution in [0.3, 0.4) is 0 Å². The Morgan fingerprint density at radius 2 is 2.47 bits per heavy atom. The van der Waals surface area contributed by atoms with Gasteiger partial charge < -0.3 is 10.1 Å². The molecule has 0 radical (unpaired) electrons. The highest BCUT2D eigenvalue weighted by molar-refractivity contribution is 5.04. The van der Waals surface area contributed by atoms with E-state index in [0.29, 0.717) is 6.10 Å². The van der Waals surface area contributed by atoms with Crippen molar-refractivity contribution in [3.05, 3.63) is 18.0 Å². The Bertz CT molecular complexity index is 318. The second kappa shape index (κ2) is 6.77. The summed E-state index contributed by atoms with van der Waals surface area (Å²) in [5, 5.41) is 7.57. The molecule has 1 aliphatic heterocycles. The quantitative estimate of drug-likeness (QED) is 0.764. The molecular weight excluding hydrogens is 214 g/mol. The van der Waals surface area contributed by atoms with Gasteiger partial charge in [0, 0.05) is 12.8 Å². The van der Waals surface area contributed by atoms with Crippen molar-refractivity contribution in [2.75, 3.05) is 20.2 Å². The highest BCUT2D eigenvalue weighted by Crippen LogP contribution is 2.14. The average Bonchev–Trinajstić information content (AvgIpc) is 2.79. The third-order valence-corrected chi connectivity index (χ3v) is 3.24. The first-order valence-corrected chi connectivity index (χ1v) is 6.66. The molecule has 4 nitrogen and oxygen atoms in total. The fraction of sp³-hybridized carbons (Fsp3) is 0.769. The summed E-state index contributed by atoms with van der Waals surface area (Å²) >= 11 is 0. The zero-order valence-electron chi connectivity index (χ0n) is 10.7. The third kappa shape index (κ3) is 4.13. The van der Waals surface area contributed by atoms with Crippen molar-refractivity contribution in [3.63, 3.8) is 0 Å². The van der Waals surface area contributed by atoms with Gasteiger partial charge in [0.1, 0.15) is 0 Å². The van der Waals surface area contributed by atoms with Crippen LogP contribution in [0, 0.1) is 0 Å². The average molecular weight is 237 g/mol. The SMILES string of the molecule is CNCCCc1cnn(CC2CCCCO2)c1. The molecule has 1 unspecified atom stereocenters. The zero-order chi connectivity index (χ0) is 11.9. The van der Waals surface area contributed by atoms with Gasteiger partial charge in [0.15, 0.2) is 0 Å². The predicted octanol–water partition coefficient (Wildman–Crippen LogP) is 1.60. The van der Waals surface area contributed by atoms with Gasteiger partial charge in [0.2, 0.25) is 0 Å². The molecule has 0 amide bonds. The second-order valence-electron chi connectivity index (χ2n) is 4.77. The highest BCUT2D eigenvalue weighted by atomic mass is 16.5. The Morgan fingerprint density at radius 1 is 1.53 bits per heavy atom. The third-order valence-electron chi connectivity index (χ3n) is 3.24. The van der Waals surface area contributed by atoms with Crippen molar-refractivity contribution in [2.45, 2.75) is 44.8 Å². The van der Waals surface area contributed by atoms with Crippen LogP contribution in [0.2, 0.25) is 0 Å². The number of aryl methyl sites for hydroxylation is 1. The van der Waals surface area contributed by atoms with Gasteiger partial charge in [-0.1, -0.05) is 0 Å². The predicted molar refractivity (Wildman–Crippen MR) is 68.1 cm³/mol. The summed E-state index contributed by atoms with van der Waals surface area (Å²) in [5.41, 5.74) is 1.33. The molecule has 0 spiro atoms. The van der Waals surface area contributed by atoms with Crippen molar-refractivity contribution in [1.29, 1.82) is 0 Å². The standard InChI is InChI=1S/C13H23N3O/c1-14-7-4-5-12-9-15-16(10-12)11-13-6-2-3-8-17-13/h9-10,13-14H,2-8,11H2,1H3. The van der Waals surface area contributed by atoms with Crippen LogP contribution in [-0.4, -0.2) is 36.1 Å². The van der Waals surface area contributed by atoms with Crippen molar-refractivity contribution in [1.82, 2.24) is 15.1 Å². The summed E-state index contributed by atoms with van der Waals surface area (Å²) in [4.78, 5) is 0. The van der Waals surface area contributed by atoms with Crippen molar-refractivity contribution < 1.29 is 4.74 Å². The lowest BCUT2D eigenvalue weighted by molar-refractivity contribution is 0.00398. The topological polar surface area (TPSA) is 39.1 Å². The first-order chi connectivity index (χ1) is 8.38. The van der Waals surface area contributed by atoms with E-state index in [4.69, 9.17) is 4.74 Å². The molecule has 2 heterocycles. The molecule has 0 aromatic carbocycles. The van der Waals surface area contributed by atoms with E-state index in [1.165, 1.54) is 31.2 Å². The number of nitrogens with zero attached hydrogens (tertiary/aromatic N) is 2. The number of rotatable bonds is 6. The maximum absolute atomic E-state index is 5.72. The van der Waals surface area contributed by atoms with Crippen molar-refractivity contribution >= 4 is 0 Å². The summed E-state index contributed by atoms with van der Waals surface area (Å²) in [6, 6.07) is 0. The van der Waals surface area contributed by atoms with Crippen LogP contribution < -0.4 is 5.32 Å². The van der Waals surface area contributed by atoms with Crippen LogP contribution in [0.5, 0.6) is 0 Å². The highest BCUT2D eigenvalue weighted by Gasteiger charge is 2.14. The van der Waals surface area contributed by atoms with Crippen LogP contribution in [0.25, 0.3) is 0 Å². The molecule has 2 rings (SSSR count). The number of hydrogen-bond acceptors (Lipinski definition) is 3. The molecule has 1 aromatic heterocycles. The lowest BCUT2D eigenvalue weighted by Gasteiger charge is -2.22. The first kappa shape index (κ1) is 12.6. The Labute approximate surface area is 103 Å². The van der Waals surface area contributed by atoms with Gasteiger partial charge in [0.25, 0.3) is 0 Å². The van der Waals surface area contributed by atoms with Crippen LogP contribution in [0.4, 0.5) is 0 Å². The summed E-state index contributed by atoms with van der Waals surface area (Å²) in [5.74, 6) is 0. The number of ether oxygens (including phenoxy) is 1. The molecule has 1 aliphatic rings. The summed E-state index contributed by atoms with van der Waals surface area (Å²) in [7, 11) is 1.99. The second-order valence-corrected chi connectivity index (χ2v) is 4.77. The molecule has 4 heteroatoms. The Kier molecular flexibility index (Phi) is 5.01. The fourth-order valence-electron chi connectivity index (χ4n) is 2.26. The van der Waals surface area contributed by atoms with Gasteiger partial charge in [-0.15, -0.1) is 0 Å². The van der Waals surface area contributed by atoms with Gasteiger partial charge >= 0.3 is 0 Å². The normalized spacial score (nSPS) is 20.6. The summed E-state index contributed by atoms with van der Waals surface area (Å²) in [6.45, 7) is 2.89. The van der Waals surface area contributed by atoms with Gasteiger partial charge in [0.05, 0.1) is 18.8 Å². The molecule has 0 bridgehead atoms. The molecule has 17 heavy (non-hydrogen) atoms. The van der Waals surface area contributed by atoms with Crippen molar-refractivity contribution in [2.24, 2.45) is 0 Å². The molecule has 0 aliphatic carbocycles. The lowest BCUT2D eigenvalue weighted by Crippen LogP contribution is -2.24. The summed E-state index contributed by atoms with van der Waals surface area (Å²) < 4.78 is 7.75. The van der Waals surface area contributed by atoms with E-state index in [-0.39, 0.29) is 0 Å². The molecule has 0 saturated carbocycles. The number of aromatic nitrogens is 2. The minimum atomic E-state index is 0.369. The molecule has 1 N–H and O–H groups in total. The van der Waals surface area contributed by atoms with Crippen LogP contribution in [0.15, 0.2) is 12.4 Å². The van der Waals surface area contributed by atoms with Gasteiger partial charge in [-0.25, -0.2) is 0 Å². The van der Waals surface area contributed by atoms with Crippen LogP contribution in [0.1, 0.15) is 31.2 Å². The minimum Gasteiger partial charge on any atom is -0.376 e. The molecule has 96 valence electrons. The molecule has 1 fully saturated rings. The summed E-state index contributed by atoms with van der Waals surface area (Å²) in [6.07, 6.45) is 10.5. The molecule has 1 atom stereocenters. The van der Waals surface area contributed by atoms with E-state index in [1.54, 1.807) is 0 Å². The first-order valence-electron chi connectivity index (χ1n) is 6.66. The Morgan fingerprint density at radius 3 is 3.24 bits per heavy atom. The van der Waals surface area contributed by atoms with Crippen LogP contribution in [-0.2, 0) is 17.7 Å². The molecule has 1 saturated heterocycles. The maximum Gasteiger partial charge on any atom is 0.0770 e. The van der Waals surface area contributed by atoms with E-state index < -0.39 is 0 Å². The van der Waals surface area contributed by atoms with E-state index >= 15 is 0 Å². The smallest absolute Gasteiger partial charge is 0.0770 e. The van der Waals surface area contributed by atoms with Crippen LogP contribution >= 0.6 is 0 Å². The van der Waals surface area contributed by atoms with Gasteiger partial charge in [-0.2, -0.15) is 5.10 Å². The fourth-order valence-corrected chi connectivity index (χ4v) is 2.26. The number of hydrogen-bond donors (Lipinski definition) is 1. The largest absolute Gasteiger partial charge is 0.376 e. The van der Waals surface area contributed by atoms with E-state index in [1.807, 2.05) is 17.9 Å². The lowest BCUT2D eigenvalue weighted by atomic mass is 10.1.